The highest BCUT2D eigenvalue weighted by atomic mass is 32.1. The van der Waals surface area contributed by atoms with Crippen LogP contribution in [0.2, 0.25) is 0 Å². The first-order chi connectivity index (χ1) is 15.9. The van der Waals surface area contributed by atoms with E-state index < -0.39 is 17.6 Å². The van der Waals surface area contributed by atoms with Crippen LogP contribution in [-0.2, 0) is 9.59 Å². The van der Waals surface area contributed by atoms with Crippen molar-refractivity contribution in [3.05, 3.63) is 59.1 Å². The molecule has 4 atom stereocenters. The van der Waals surface area contributed by atoms with Gasteiger partial charge >= 0.3 is 0 Å². The summed E-state index contributed by atoms with van der Waals surface area (Å²) in [5.74, 6) is -0.452. The molecule has 0 bridgehead atoms. The zero-order valence-corrected chi connectivity index (χ0v) is 21.8. The molecule has 1 saturated heterocycles. The molecule has 3 N–H and O–H groups in total. The zero-order valence-electron chi connectivity index (χ0n) is 21.0. The summed E-state index contributed by atoms with van der Waals surface area (Å²) in [4.78, 5) is 28.1. The number of rotatable bonds is 7. The highest BCUT2D eigenvalue weighted by molar-refractivity contribution is 7.13. The number of hydrogen-bond acceptors (Lipinski definition) is 5. The first-order valence-corrected chi connectivity index (χ1v) is 12.6. The molecule has 2 heterocycles. The third-order valence-electron chi connectivity index (χ3n) is 6.36. The second kappa shape index (κ2) is 10.3. The van der Waals surface area contributed by atoms with E-state index in [9.17, 15) is 14.7 Å². The van der Waals surface area contributed by atoms with Crippen molar-refractivity contribution in [3.63, 3.8) is 0 Å². The van der Waals surface area contributed by atoms with Gasteiger partial charge in [0.25, 0.3) is 0 Å². The molecule has 1 fully saturated rings. The Labute approximate surface area is 207 Å². The third kappa shape index (κ3) is 5.88. The van der Waals surface area contributed by atoms with Gasteiger partial charge in [0, 0.05) is 36.5 Å². The van der Waals surface area contributed by atoms with E-state index in [0.717, 1.165) is 5.56 Å². The summed E-state index contributed by atoms with van der Waals surface area (Å²) in [6.07, 6.45) is -0.216. The van der Waals surface area contributed by atoms with E-state index in [2.05, 4.69) is 66.8 Å². The number of hydrogen-bond donors (Lipinski definition) is 3. The van der Waals surface area contributed by atoms with Gasteiger partial charge in [-0.15, -0.1) is 11.3 Å². The van der Waals surface area contributed by atoms with Gasteiger partial charge in [-0.2, -0.15) is 0 Å². The fourth-order valence-electron chi connectivity index (χ4n) is 4.45. The van der Waals surface area contributed by atoms with Crippen molar-refractivity contribution in [2.24, 2.45) is 5.41 Å². The molecule has 184 valence electrons. The van der Waals surface area contributed by atoms with Crippen LogP contribution in [0.25, 0.3) is 10.4 Å². The maximum atomic E-state index is 13.5. The largest absolute Gasteiger partial charge is 0.391 e. The van der Waals surface area contributed by atoms with Crippen LogP contribution in [0, 0.1) is 12.3 Å². The van der Waals surface area contributed by atoms with Crippen LogP contribution in [0.3, 0.4) is 0 Å². The van der Waals surface area contributed by atoms with Crippen molar-refractivity contribution in [1.29, 1.82) is 0 Å². The monoisotopic (exact) mass is 483 g/mol. The smallest absolute Gasteiger partial charge is 0.246 e. The first kappa shape index (κ1) is 26.0. The number of β-amino-alcohol motifs (C(OH)–C–C–N with tert-alkyl or cyclic N) is 1. The predicted molar refractivity (Wildman–Crippen MR) is 138 cm³/mol. The number of thiophene rings is 1. The van der Waals surface area contributed by atoms with Crippen molar-refractivity contribution >= 4 is 23.2 Å². The number of benzene rings is 1. The summed E-state index contributed by atoms with van der Waals surface area (Å²) in [5.41, 5.74) is 3.80. The molecule has 6 nitrogen and oxygen atoms in total. The lowest BCUT2D eigenvalue weighted by Crippen LogP contribution is -2.56. The number of nitrogens with one attached hydrogen (secondary N) is 2. The second-order valence-corrected chi connectivity index (χ2v) is 11.3. The van der Waals surface area contributed by atoms with Gasteiger partial charge in [0.05, 0.1) is 12.1 Å². The maximum Gasteiger partial charge on any atom is 0.246 e. The lowest BCUT2D eigenvalue weighted by molar-refractivity contribution is -0.139. The number of aryl methyl sites for hydroxylation is 1. The molecule has 0 spiro atoms. The number of carbonyl (C=O) groups excluding carboxylic acids is 2. The fraction of sp³-hybridized carbons (Fsp3) is 0.481. The van der Waals surface area contributed by atoms with Crippen molar-refractivity contribution < 1.29 is 14.7 Å². The van der Waals surface area contributed by atoms with Crippen molar-refractivity contribution in [2.45, 2.75) is 72.2 Å². The zero-order chi connectivity index (χ0) is 25.2. The maximum absolute atomic E-state index is 13.5. The minimum Gasteiger partial charge on any atom is -0.391 e. The van der Waals surface area contributed by atoms with Gasteiger partial charge in [-0.05, 0) is 47.4 Å². The molecule has 1 aliphatic heterocycles. The SMILES string of the molecule is C=C(N[C@@H](C)c1ccc(-c2sccc2C)cc1)[C@@H]1C[C@@H](O)CN1C(=O)[C@@H](NC(C)=O)C(C)(C)C. The van der Waals surface area contributed by atoms with Gasteiger partial charge in [-0.3, -0.25) is 9.59 Å². The molecule has 0 aliphatic carbocycles. The Morgan fingerprint density at radius 2 is 1.82 bits per heavy atom. The molecule has 3 rings (SSSR count). The molecule has 1 aromatic heterocycles. The van der Waals surface area contributed by atoms with E-state index in [-0.39, 0.29) is 30.4 Å². The molecular weight excluding hydrogens is 446 g/mol. The van der Waals surface area contributed by atoms with Gasteiger partial charge < -0.3 is 20.6 Å². The number of carbonyl (C=O) groups is 2. The Kier molecular flexibility index (Phi) is 7.88. The summed E-state index contributed by atoms with van der Waals surface area (Å²) < 4.78 is 0. The Hall–Kier alpha value is -2.64. The molecule has 1 aliphatic rings. The molecule has 7 heteroatoms. The van der Waals surface area contributed by atoms with Gasteiger partial charge in [-0.25, -0.2) is 0 Å². The summed E-state index contributed by atoms with van der Waals surface area (Å²) in [5, 5.41) is 18.7. The van der Waals surface area contributed by atoms with E-state index in [1.807, 2.05) is 20.8 Å². The van der Waals surface area contributed by atoms with Crippen LogP contribution < -0.4 is 10.6 Å². The van der Waals surface area contributed by atoms with Crippen molar-refractivity contribution in [3.8, 4) is 10.4 Å². The highest BCUT2D eigenvalue weighted by Gasteiger charge is 2.42. The molecule has 2 amide bonds. The summed E-state index contributed by atoms with van der Waals surface area (Å²) in [6.45, 7) is 15.8. The van der Waals surface area contributed by atoms with E-state index in [4.69, 9.17) is 0 Å². The lowest BCUT2D eigenvalue weighted by atomic mass is 9.85. The van der Waals surface area contributed by atoms with Crippen molar-refractivity contribution in [2.75, 3.05) is 6.54 Å². The summed E-state index contributed by atoms with van der Waals surface area (Å²) >= 11 is 1.74. The van der Waals surface area contributed by atoms with Gasteiger partial charge in [0.2, 0.25) is 11.8 Å². The molecule has 2 aromatic rings. The van der Waals surface area contributed by atoms with Crippen molar-refractivity contribution in [1.82, 2.24) is 15.5 Å². The molecule has 1 aromatic carbocycles. The standard InChI is InChI=1S/C27H37N3O3S/c1-16-12-13-34-24(16)21-10-8-20(9-11-21)17(2)28-18(3)23-14-22(32)15-30(23)26(33)25(27(5,6)7)29-19(4)31/h8-13,17,22-23,25,28,32H,3,14-15H2,1-2,4-7H3,(H,29,31)/t17-,22+,23-,25+/m0/s1. The van der Waals surface area contributed by atoms with Gasteiger partial charge in [0.1, 0.15) is 6.04 Å². The fourth-order valence-corrected chi connectivity index (χ4v) is 5.39. The van der Waals surface area contributed by atoms with Gasteiger partial charge in [0.15, 0.2) is 0 Å². The van der Waals surface area contributed by atoms with E-state index >= 15 is 0 Å². The predicted octanol–water partition coefficient (Wildman–Crippen LogP) is 4.40. The first-order valence-electron chi connectivity index (χ1n) is 11.7. The number of aliphatic hydroxyl groups excluding tert-OH is 1. The Morgan fingerprint density at radius 1 is 1.18 bits per heavy atom. The minimum atomic E-state index is -0.684. The lowest BCUT2D eigenvalue weighted by Gasteiger charge is -2.36. The van der Waals surface area contributed by atoms with Crippen LogP contribution in [0.1, 0.15) is 58.2 Å². The third-order valence-corrected chi connectivity index (χ3v) is 7.43. The number of aliphatic hydroxyl groups is 1. The minimum absolute atomic E-state index is 0.0190. The molecule has 34 heavy (non-hydrogen) atoms. The average Bonchev–Trinajstić information content (AvgIpc) is 3.36. The van der Waals surface area contributed by atoms with E-state index in [1.165, 1.54) is 22.9 Å². The normalized spacial score (nSPS) is 20.0. The van der Waals surface area contributed by atoms with Crippen LogP contribution in [0.4, 0.5) is 0 Å². The van der Waals surface area contributed by atoms with E-state index in [0.29, 0.717) is 12.1 Å². The Balaban J connectivity index is 1.72. The summed E-state index contributed by atoms with van der Waals surface area (Å²) in [7, 11) is 0. The quantitative estimate of drug-likeness (QED) is 0.545. The Morgan fingerprint density at radius 3 is 2.35 bits per heavy atom. The molecule has 0 unspecified atom stereocenters. The molecule has 0 radical (unpaired) electrons. The van der Waals surface area contributed by atoms with E-state index in [1.54, 1.807) is 16.2 Å². The number of likely N-dealkylation sites (tertiary alicyclic amines) is 1. The number of nitrogens with zero attached hydrogens (tertiary/aromatic N) is 1. The van der Waals surface area contributed by atoms with Gasteiger partial charge in [-0.1, -0.05) is 51.6 Å². The van der Waals surface area contributed by atoms with Crippen LogP contribution in [-0.4, -0.2) is 46.6 Å². The topological polar surface area (TPSA) is 81.7 Å². The van der Waals surface area contributed by atoms with Crippen LogP contribution in [0.5, 0.6) is 0 Å². The molecular formula is C27H37N3O3S. The number of amides is 2. The Bertz CT molecular complexity index is 1040. The van der Waals surface area contributed by atoms with Crippen LogP contribution in [0.15, 0.2) is 48.0 Å². The summed E-state index contributed by atoms with van der Waals surface area (Å²) in [6, 6.07) is 9.55. The second-order valence-electron chi connectivity index (χ2n) is 10.3. The van der Waals surface area contributed by atoms with Crippen LogP contribution >= 0.6 is 11.3 Å². The highest BCUT2D eigenvalue weighted by Crippen LogP contribution is 2.31. The molecule has 0 saturated carbocycles. The average molecular weight is 484 g/mol.